The van der Waals surface area contributed by atoms with Gasteiger partial charge in [0.2, 0.25) is 0 Å². The highest BCUT2D eigenvalue weighted by atomic mass is 15.2. The van der Waals surface area contributed by atoms with Crippen LogP contribution < -0.4 is 10.2 Å². The number of hydrogen-bond acceptors (Lipinski definition) is 3. The Morgan fingerprint density at radius 3 is 2.86 bits per heavy atom. The number of pyridine rings is 1. The molecular weight excluding hydrogens is 258 g/mol. The highest BCUT2D eigenvalue weighted by Gasteiger charge is 2.18. The van der Waals surface area contributed by atoms with Crippen molar-refractivity contribution in [3.8, 4) is 0 Å². The molecule has 1 aromatic heterocycles. The molecule has 2 heterocycles. The van der Waals surface area contributed by atoms with Crippen molar-refractivity contribution in [2.24, 2.45) is 5.92 Å². The van der Waals surface area contributed by atoms with Crippen LogP contribution in [-0.4, -0.2) is 24.1 Å². The van der Waals surface area contributed by atoms with Crippen LogP contribution in [0.2, 0.25) is 0 Å². The third-order valence-corrected chi connectivity index (χ3v) is 4.13. The van der Waals surface area contributed by atoms with E-state index in [4.69, 9.17) is 4.98 Å². The van der Waals surface area contributed by atoms with Gasteiger partial charge in [0.25, 0.3) is 0 Å². The molecule has 1 aromatic rings. The molecule has 0 radical (unpaired) electrons. The Morgan fingerprint density at radius 1 is 1.38 bits per heavy atom. The van der Waals surface area contributed by atoms with Gasteiger partial charge in [-0.1, -0.05) is 34.1 Å². The van der Waals surface area contributed by atoms with Crippen LogP contribution in [0.3, 0.4) is 0 Å². The van der Waals surface area contributed by atoms with Gasteiger partial charge in [-0.3, -0.25) is 0 Å². The standard InChI is InChI=1S/C18H31N3/c1-5-7-17-10-16(12-19-14(2)3)11-18(20-17)21-9-6-8-15(4)13-21/h10-11,14-15,19H,5-9,12-13H2,1-4H3. The smallest absolute Gasteiger partial charge is 0.129 e. The van der Waals surface area contributed by atoms with E-state index in [1.807, 2.05) is 0 Å². The summed E-state index contributed by atoms with van der Waals surface area (Å²) in [4.78, 5) is 7.38. The van der Waals surface area contributed by atoms with E-state index in [1.54, 1.807) is 0 Å². The summed E-state index contributed by atoms with van der Waals surface area (Å²) in [5.74, 6) is 1.97. The molecule has 1 fully saturated rings. The van der Waals surface area contributed by atoms with Gasteiger partial charge in [-0.2, -0.15) is 0 Å². The van der Waals surface area contributed by atoms with Crippen LogP contribution in [0, 0.1) is 5.92 Å². The third kappa shape index (κ3) is 4.99. The maximum atomic E-state index is 4.91. The zero-order chi connectivity index (χ0) is 15.2. The maximum absolute atomic E-state index is 4.91. The molecule has 1 aliphatic heterocycles. The number of aromatic nitrogens is 1. The fourth-order valence-electron chi connectivity index (χ4n) is 3.00. The SMILES string of the molecule is CCCc1cc(CNC(C)C)cc(N2CCCC(C)C2)n1. The van der Waals surface area contributed by atoms with E-state index in [0.29, 0.717) is 6.04 Å². The average Bonchev–Trinajstić information content (AvgIpc) is 2.45. The van der Waals surface area contributed by atoms with Gasteiger partial charge in [-0.05, 0) is 42.9 Å². The van der Waals surface area contributed by atoms with Gasteiger partial charge in [-0.15, -0.1) is 0 Å². The highest BCUT2D eigenvalue weighted by Crippen LogP contribution is 2.23. The Morgan fingerprint density at radius 2 is 2.19 bits per heavy atom. The quantitative estimate of drug-likeness (QED) is 0.864. The lowest BCUT2D eigenvalue weighted by Gasteiger charge is -2.32. The van der Waals surface area contributed by atoms with Crippen LogP contribution in [0.5, 0.6) is 0 Å². The summed E-state index contributed by atoms with van der Waals surface area (Å²) in [5.41, 5.74) is 2.61. The Hall–Kier alpha value is -1.09. The number of anilines is 1. The summed E-state index contributed by atoms with van der Waals surface area (Å²) in [6.45, 7) is 12.2. The van der Waals surface area contributed by atoms with Crippen LogP contribution in [0.15, 0.2) is 12.1 Å². The van der Waals surface area contributed by atoms with E-state index in [9.17, 15) is 0 Å². The molecule has 0 spiro atoms. The van der Waals surface area contributed by atoms with Crippen LogP contribution >= 0.6 is 0 Å². The average molecular weight is 289 g/mol. The summed E-state index contributed by atoms with van der Waals surface area (Å²) < 4.78 is 0. The van der Waals surface area contributed by atoms with Gasteiger partial charge < -0.3 is 10.2 Å². The normalized spacial score (nSPS) is 19.3. The minimum atomic E-state index is 0.520. The minimum Gasteiger partial charge on any atom is -0.356 e. The molecule has 0 bridgehead atoms. The number of hydrogen-bond donors (Lipinski definition) is 1. The lowest BCUT2D eigenvalue weighted by molar-refractivity contribution is 0.444. The van der Waals surface area contributed by atoms with Crippen LogP contribution in [-0.2, 0) is 13.0 Å². The molecule has 1 aliphatic rings. The number of nitrogens with one attached hydrogen (secondary N) is 1. The van der Waals surface area contributed by atoms with E-state index in [1.165, 1.54) is 29.9 Å². The van der Waals surface area contributed by atoms with Gasteiger partial charge in [0, 0.05) is 31.4 Å². The monoisotopic (exact) mass is 289 g/mol. The molecule has 3 heteroatoms. The van der Waals surface area contributed by atoms with E-state index in [-0.39, 0.29) is 0 Å². The Bertz CT molecular complexity index is 442. The molecule has 0 amide bonds. The van der Waals surface area contributed by atoms with E-state index < -0.39 is 0 Å². The van der Waals surface area contributed by atoms with E-state index >= 15 is 0 Å². The number of aryl methyl sites for hydroxylation is 1. The van der Waals surface area contributed by atoms with E-state index in [2.05, 4.69) is 50.0 Å². The molecule has 1 atom stereocenters. The maximum Gasteiger partial charge on any atom is 0.129 e. The molecule has 1 unspecified atom stereocenters. The highest BCUT2D eigenvalue weighted by molar-refractivity contribution is 5.43. The van der Waals surface area contributed by atoms with Crippen LogP contribution in [0.4, 0.5) is 5.82 Å². The van der Waals surface area contributed by atoms with Crippen molar-refractivity contribution >= 4 is 5.82 Å². The zero-order valence-electron chi connectivity index (χ0n) is 14.2. The van der Waals surface area contributed by atoms with Gasteiger partial charge in [0.15, 0.2) is 0 Å². The van der Waals surface area contributed by atoms with Crippen molar-refractivity contribution in [2.45, 2.75) is 66.0 Å². The molecule has 3 nitrogen and oxygen atoms in total. The second-order valence-electron chi connectivity index (χ2n) is 6.80. The molecule has 0 aliphatic carbocycles. The molecule has 2 rings (SSSR count). The molecule has 21 heavy (non-hydrogen) atoms. The summed E-state index contributed by atoms with van der Waals surface area (Å²) in [7, 11) is 0. The van der Waals surface area contributed by atoms with Crippen molar-refractivity contribution < 1.29 is 0 Å². The topological polar surface area (TPSA) is 28.2 Å². The Kier molecular flexibility index (Phi) is 6.04. The minimum absolute atomic E-state index is 0.520. The fourth-order valence-corrected chi connectivity index (χ4v) is 3.00. The molecule has 1 saturated heterocycles. The predicted molar refractivity (Wildman–Crippen MR) is 90.8 cm³/mol. The summed E-state index contributed by atoms with van der Waals surface area (Å²) in [5, 5.41) is 3.52. The predicted octanol–water partition coefficient (Wildman–Crippen LogP) is 3.77. The summed E-state index contributed by atoms with van der Waals surface area (Å²) >= 11 is 0. The molecular formula is C18H31N3. The lowest BCUT2D eigenvalue weighted by atomic mass is 10.00. The Balaban J connectivity index is 2.17. The first-order valence-electron chi connectivity index (χ1n) is 8.56. The Labute approximate surface area is 130 Å². The zero-order valence-corrected chi connectivity index (χ0v) is 14.2. The number of nitrogens with zero attached hydrogens (tertiary/aromatic N) is 2. The second kappa shape index (κ2) is 7.79. The van der Waals surface area contributed by atoms with Crippen molar-refractivity contribution in [1.82, 2.24) is 10.3 Å². The molecule has 0 aromatic carbocycles. The van der Waals surface area contributed by atoms with Crippen molar-refractivity contribution in [1.29, 1.82) is 0 Å². The first-order valence-corrected chi connectivity index (χ1v) is 8.56. The molecule has 1 N–H and O–H groups in total. The van der Waals surface area contributed by atoms with Crippen molar-refractivity contribution in [3.63, 3.8) is 0 Å². The van der Waals surface area contributed by atoms with Crippen molar-refractivity contribution in [3.05, 3.63) is 23.4 Å². The van der Waals surface area contributed by atoms with Crippen LogP contribution in [0.1, 0.15) is 58.2 Å². The number of piperidine rings is 1. The largest absolute Gasteiger partial charge is 0.356 e. The lowest BCUT2D eigenvalue weighted by Crippen LogP contribution is -2.35. The second-order valence-corrected chi connectivity index (χ2v) is 6.80. The van der Waals surface area contributed by atoms with Crippen LogP contribution in [0.25, 0.3) is 0 Å². The van der Waals surface area contributed by atoms with Crippen molar-refractivity contribution in [2.75, 3.05) is 18.0 Å². The summed E-state index contributed by atoms with van der Waals surface area (Å²) in [6.07, 6.45) is 4.88. The third-order valence-electron chi connectivity index (χ3n) is 4.13. The first kappa shape index (κ1) is 16.3. The first-order chi connectivity index (χ1) is 10.1. The van der Waals surface area contributed by atoms with Gasteiger partial charge in [-0.25, -0.2) is 4.98 Å². The summed E-state index contributed by atoms with van der Waals surface area (Å²) in [6, 6.07) is 5.08. The molecule has 118 valence electrons. The van der Waals surface area contributed by atoms with Gasteiger partial charge in [0.05, 0.1) is 0 Å². The molecule has 0 saturated carbocycles. The van der Waals surface area contributed by atoms with Gasteiger partial charge in [0.1, 0.15) is 5.82 Å². The van der Waals surface area contributed by atoms with E-state index in [0.717, 1.165) is 38.4 Å². The fraction of sp³-hybridized carbons (Fsp3) is 0.722. The number of rotatable bonds is 6. The van der Waals surface area contributed by atoms with Gasteiger partial charge >= 0.3 is 0 Å².